The van der Waals surface area contributed by atoms with Crippen molar-refractivity contribution in [3.05, 3.63) is 84.2 Å². The molecule has 0 saturated carbocycles. The topological polar surface area (TPSA) is 82.0 Å². The normalized spacial score (nSPS) is 10.7. The summed E-state index contributed by atoms with van der Waals surface area (Å²) in [5.41, 5.74) is 3.83. The lowest BCUT2D eigenvalue weighted by atomic mass is 10.2. The lowest BCUT2D eigenvalue weighted by molar-refractivity contribution is 0.0955. The van der Waals surface area contributed by atoms with Crippen LogP contribution in [0.5, 0.6) is 17.2 Å². The van der Waals surface area contributed by atoms with E-state index >= 15 is 0 Å². The van der Waals surface area contributed by atoms with E-state index in [0.717, 1.165) is 35.8 Å². The number of amides is 1. The first-order valence-electron chi connectivity index (χ1n) is 11.6. The molecule has 1 amide bonds. The summed E-state index contributed by atoms with van der Waals surface area (Å²) in [6.07, 6.45) is 9.47. The van der Waals surface area contributed by atoms with Gasteiger partial charge in [0.2, 0.25) is 0 Å². The van der Waals surface area contributed by atoms with Gasteiger partial charge in [-0.3, -0.25) is 9.78 Å². The van der Waals surface area contributed by atoms with Crippen molar-refractivity contribution in [1.82, 2.24) is 10.4 Å². The van der Waals surface area contributed by atoms with E-state index in [1.807, 2.05) is 48.5 Å². The lowest BCUT2D eigenvalue weighted by Gasteiger charge is -2.10. The van der Waals surface area contributed by atoms with Gasteiger partial charge in [0.15, 0.2) is 0 Å². The first kappa shape index (κ1) is 24.8. The standard InChI is InChI=1S/C27H31N3O4/c1-2-3-4-5-18-32-25-10-12-26(13-11-25)34-20-19-33-24-8-6-22(7-9-24)21-29-30-27(31)23-14-16-28-17-15-23/h6-17,21H,2-5,18-20H2,1H3,(H,30,31)/b29-21-. The van der Waals surface area contributed by atoms with Crippen LogP contribution in [0.2, 0.25) is 0 Å². The average Bonchev–Trinajstić information content (AvgIpc) is 2.88. The fraction of sp³-hybridized carbons (Fsp3) is 0.296. The Bertz CT molecular complexity index is 1010. The Kier molecular flexibility index (Phi) is 10.4. The molecule has 0 saturated heterocycles. The zero-order chi connectivity index (χ0) is 23.8. The number of hydrazone groups is 1. The third-order valence-electron chi connectivity index (χ3n) is 4.91. The van der Waals surface area contributed by atoms with E-state index in [2.05, 4.69) is 22.4 Å². The summed E-state index contributed by atoms with van der Waals surface area (Å²) >= 11 is 0. The molecule has 0 radical (unpaired) electrons. The molecule has 7 heteroatoms. The Morgan fingerprint density at radius 2 is 1.35 bits per heavy atom. The molecular weight excluding hydrogens is 430 g/mol. The third-order valence-corrected chi connectivity index (χ3v) is 4.91. The number of nitrogens with one attached hydrogen (secondary N) is 1. The summed E-state index contributed by atoms with van der Waals surface area (Å²) in [7, 11) is 0. The number of hydrogen-bond acceptors (Lipinski definition) is 6. The molecule has 178 valence electrons. The maximum atomic E-state index is 11.9. The zero-order valence-electron chi connectivity index (χ0n) is 19.5. The summed E-state index contributed by atoms with van der Waals surface area (Å²) in [4.78, 5) is 15.8. The van der Waals surface area contributed by atoms with E-state index in [9.17, 15) is 4.79 Å². The van der Waals surface area contributed by atoms with Crippen LogP contribution in [-0.2, 0) is 0 Å². The molecule has 34 heavy (non-hydrogen) atoms. The molecular formula is C27H31N3O4. The van der Waals surface area contributed by atoms with Crippen molar-refractivity contribution >= 4 is 12.1 Å². The molecule has 3 aromatic rings. The SMILES string of the molecule is CCCCCCOc1ccc(OCCOc2ccc(/C=N\NC(=O)c3ccncc3)cc2)cc1. The van der Waals surface area contributed by atoms with Gasteiger partial charge in [0.25, 0.3) is 5.91 Å². The number of aromatic nitrogens is 1. The van der Waals surface area contributed by atoms with Crippen LogP contribution in [0, 0.1) is 0 Å². The summed E-state index contributed by atoms with van der Waals surface area (Å²) in [6, 6.07) is 18.3. The zero-order valence-corrected chi connectivity index (χ0v) is 19.5. The molecule has 2 aromatic carbocycles. The van der Waals surface area contributed by atoms with E-state index in [1.165, 1.54) is 19.3 Å². The highest BCUT2D eigenvalue weighted by atomic mass is 16.5. The van der Waals surface area contributed by atoms with Gasteiger partial charge in [-0.2, -0.15) is 5.10 Å². The third kappa shape index (κ3) is 8.94. The van der Waals surface area contributed by atoms with E-state index in [4.69, 9.17) is 14.2 Å². The fourth-order valence-electron chi connectivity index (χ4n) is 3.05. The highest BCUT2D eigenvalue weighted by Crippen LogP contribution is 2.18. The second-order valence-electron chi connectivity index (χ2n) is 7.58. The van der Waals surface area contributed by atoms with Crippen LogP contribution in [0.25, 0.3) is 0 Å². The van der Waals surface area contributed by atoms with Gasteiger partial charge in [-0.05, 0) is 72.6 Å². The van der Waals surface area contributed by atoms with E-state index in [0.29, 0.717) is 18.8 Å². The quantitative estimate of drug-likeness (QED) is 0.201. The Morgan fingerprint density at radius 1 is 0.794 bits per heavy atom. The largest absolute Gasteiger partial charge is 0.494 e. The second-order valence-corrected chi connectivity index (χ2v) is 7.58. The molecule has 7 nitrogen and oxygen atoms in total. The molecule has 0 aliphatic carbocycles. The van der Waals surface area contributed by atoms with Crippen LogP contribution >= 0.6 is 0 Å². The minimum atomic E-state index is -0.289. The van der Waals surface area contributed by atoms with Crippen LogP contribution in [0.4, 0.5) is 0 Å². The number of benzene rings is 2. The van der Waals surface area contributed by atoms with Crippen LogP contribution in [0.3, 0.4) is 0 Å². The number of unbranched alkanes of at least 4 members (excludes halogenated alkanes) is 3. The smallest absolute Gasteiger partial charge is 0.271 e. The highest BCUT2D eigenvalue weighted by molar-refractivity contribution is 5.94. The minimum Gasteiger partial charge on any atom is -0.494 e. The summed E-state index contributed by atoms with van der Waals surface area (Å²) in [6.45, 7) is 3.80. The Labute approximate surface area is 200 Å². The molecule has 0 aliphatic heterocycles. The van der Waals surface area contributed by atoms with Gasteiger partial charge in [-0.1, -0.05) is 26.2 Å². The average molecular weight is 462 g/mol. The van der Waals surface area contributed by atoms with Gasteiger partial charge < -0.3 is 14.2 Å². The van der Waals surface area contributed by atoms with Crippen LogP contribution in [-0.4, -0.2) is 36.9 Å². The number of carbonyl (C=O) groups excluding carboxylic acids is 1. The van der Waals surface area contributed by atoms with Gasteiger partial charge in [-0.25, -0.2) is 5.43 Å². The van der Waals surface area contributed by atoms with Gasteiger partial charge in [-0.15, -0.1) is 0 Å². The molecule has 0 aliphatic rings. The molecule has 0 atom stereocenters. The van der Waals surface area contributed by atoms with Gasteiger partial charge in [0, 0.05) is 18.0 Å². The molecule has 0 fully saturated rings. The lowest BCUT2D eigenvalue weighted by Crippen LogP contribution is -2.17. The molecule has 3 rings (SSSR count). The van der Waals surface area contributed by atoms with Crippen LogP contribution < -0.4 is 19.6 Å². The predicted molar refractivity (Wildman–Crippen MR) is 133 cm³/mol. The van der Waals surface area contributed by atoms with Crippen LogP contribution in [0.1, 0.15) is 48.5 Å². The first-order chi connectivity index (χ1) is 16.7. The Hall–Kier alpha value is -3.87. The van der Waals surface area contributed by atoms with Gasteiger partial charge in [0.1, 0.15) is 30.5 Å². The van der Waals surface area contributed by atoms with Crippen molar-refractivity contribution < 1.29 is 19.0 Å². The number of carbonyl (C=O) groups is 1. The van der Waals surface area contributed by atoms with Crippen molar-refractivity contribution in [3.63, 3.8) is 0 Å². The Morgan fingerprint density at radius 3 is 1.94 bits per heavy atom. The maximum absolute atomic E-state index is 11.9. The maximum Gasteiger partial charge on any atom is 0.271 e. The molecule has 1 aromatic heterocycles. The summed E-state index contributed by atoms with van der Waals surface area (Å²) in [5.74, 6) is 2.08. The van der Waals surface area contributed by atoms with Crippen molar-refractivity contribution in [1.29, 1.82) is 0 Å². The van der Waals surface area contributed by atoms with E-state index in [-0.39, 0.29) is 5.91 Å². The fourth-order valence-corrected chi connectivity index (χ4v) is 3.05. The van der Waals surface area contributed by atoms with Crippen molar-refractivity contribution in [3.8, 4) is 17.2 Å². The van der Waals surface area contributed by atoms with E-state index < -0.39 is 0 Å². The molecule has 0 bridgehead atoms. The van der Waals surface area contributed by atoms with Gasteiger partial charge in [0.05, 0.1) is 12.8 Å². The second kappa shape index (κ2) is 14.3. The number of hydrogen-bond donors (Lipinski definition) is 1. The van der Waals surface area contributed by atoms with Crippen molar-refractivity contribution in [2.24, 2.45) is 5.10 Å². The molecule has 0 spiro atoms. The first-order valence-corrected chi connectivity index (χ1v) is 11.6. The molecule has 1 heterocycles. The minimum absolute atomic E-state index is 0.289. The van der Waals surface area contributed by atoms with Crippen LogP contribution in [0.15, 0.2) is 78.2 Å². The molecule has 0 unspecified atom stereocenters. The van der Waals surface area contributed by atoms with Gasteiger partial charge >= 0.3 is 0 Å². The summed E-state index contributed by atoms with van der Waals surface area (Å²) in [5, 5.41) is 3.98. The molecule has 1 N–H and O–H groups in total. The van der Waals surface area contributed by atoms with Crippen molar-refractivity contribution in [2.45, 2.75) is 32.6 Å². The van der Waals surface area contributed by atoms with E-state index in [1.54, 1.807) is 30.7 Å². The summed E-state index contributed by atoms with van der Waals surface area (Å²) < 4.78 is 17.2. The Balaban J connectivity index is 1.32. The number of pyridine rings is 1. The number of nitrogens with zero attached hydrogens (tertiary/aromatic N) is 2. The van der Waals surface area contributed by atoms with Crippen molar-refractivity contribution in [2.75, 3.05) is 19.8 Å². The number of ether oxygens (including phenoxy) is 3. The monoisotopic (exact) mass is 461 g/mol. The number of rotatable bonds is 14. The predicted octanol–water partition coefficient (Wildman–Crippen LogP) is 5.26. The highest BCUT2D eigenvalue weighted by Gasteiger charge is 2.02.